The Kier molecular flexibility index (Phi) is 4.57. The standard InChI is InChI=1S/C15H19FN4O3S/c1-19-7-6-18-15(19)13-10-17-5-8-20(13)24(21,22)14-4-3-11(23-2)9-12(14)16/h3-4,6-7,9,13,17H,5,8,10H2,1-2H3. The molecule has 2 heterocycles. The number of rotatable bonds is 4. The second kappa shape index (κ2) is 6.50. The molecule has 130 valence electrons. The Hall–Kier alpha value is -1.97. The van der Waals surface area contributed by atoms with Crippen LogP contribution in [0.1, 0.15) is 11.9 Å². The third-order valence-corrected chi connectivity index (χ3v) is 6.02. The number of sulfonamides is 1. The Morgan fingerprint density at radius 1 is 1.42 bits per heavy atom. The first-order chi connectivity index (χ1) is 11.4. The molecule has 1 unspecified atom stereocenters. The topological polar surface area (TPSA) is 76.5 Å². The van der Waals surface area contributed by atoms with Crippen LogP contribution >= 0.6 is 0 Å². The molecular formula is C15H19FN4O3S. The van der Waals surface area contributed by atoms with E-state index in [4.69, 9.17) is 4.74 Å². The highest BCUT2D eigenvalue weighted by Crippen LogP contribution is 2.30. The lowest BCUT2D eigenvalue weighted by molar-refractivity contribution is 0.257. The minimum atomic E-state index is -4.00. The highest BCUT2D eigenvalue weighted by molar-refractivity contribution is 7.89. The molecule has 1 saturated heterocycles. The van der Waals surface area contributed by atoms with E-state index in [0.717, 1.165) is 6.07 Å². The predicted octanol–water partition coefficient (Wildman–Crippen LogP) is 0.903. The van der Waals surface area contributed by atoms with Gasteiger partial charge in [-0.25, -0.2) is 17.8 Å². The maximum Gasteiger partial charge on any atom is 0.246 e. The molecular weight excluding hydrogens is 335 g/mol. The smallest absolute Gasteiger partial charge is 0.246 e. The van der Waals surface area contributed by atoms with Crippen LogP contribution in [0.5, 0.6) is 5.75 Å². The van der Waals surface area contributed by atoms with Crippen molar-refractivity contribution in [2.24, 2.45) is 7.05 Å². The molecule has 7 nitrogen and oxygen atoms in total. The lowest BCUT2D eigenvalue weighted by Gasteiger charge is -2.34. The second-order valence-electron chi connectivity index (χ2n) is 5.53. The number of methoxy groups -OCH3 is 1. The summed E-state index contributed by atoms with van der Waals surface area (Å²) in [6.45, 7) is 1.16. The van der Waals surface area contributed by atoms with Gasteiger partial charge in [-0.3, -0.25) is 0 Å². The molecule has 0 spiro atoms. The minimum Gasteiger partial charge on any atom is -0.497 e. The summed E-state index contributed by atoms with van der Waals surface area (Å²) in [5.41, 5.74) is 0. The maximum absolute atomic E-state index is 14.3. The molecule has 9 heteroatoms. The van der Waals surface area contributed by atoms with Crippen LogP contribution in [0.15, 0.2) is 35.5 Å². The number of benzene rings is 1. The highest BCUT2D eigenvalue weighted by Gasteiger charge is 2.37. The number of hydrogen-bond donors (Lipinski definition) is 1. The van der Waals surface area contributed by atoms with E-state index in [2.05, 4.69) is 10.3 Å². The Balaban J connectivity index is 2.02. The number of ether oxygens (including phenoxy) is 1. The summed E-state index contributed by atoms with van der Waals surface area (Å²) in [7, 11) is -0.800. The van der Waals surface area contributed by atoms with Gasteiger partial charge in [-0.05, 0) is 12.1 Å². The minimum absolute atomic E-state index is 0.241. The normalized spacial score (nSPS) is 19.4. The van der Waals surface area contributed by atoms with Gasteiger partial charge in [0.2, 0.25) is 10.0 Å². The highest BCUT2D eigenvalue weighted by atomic mass is 32.2. The zero-order valence-electron chi connectivity index (χ0n) is 13.4. The molecule has 0 saturated carbocycles. The molecule has 1 aliphatic rings. The van der Waals surface area contributed by atoms with Crippen molar-refractivity contribution in [2.45, 2.75) is 10.9 Å². The Bertz CT molecular complexity index is 837. The average Bonchev–Trinajstić information content (AvgIpc) is 3.00. The fourth-order valence-electron chi connectivity index (χ4n) is 2.84. The van der Waals surface area contributed by atoms with E-state index in [0.29, 0.717) is 18.9 Å². The van der Waals surface area contributed by atoms with Crippen molar-refractivity contribution in [2.75, 3.05) is 26.7 Å². The Morgan fingerprint density at radius 3 is 2.83 bits per heavy atom. The van der Waals surface area contributed by atoms with E-state index < -0.39 is 21.9 Å². The van der Waals surface area contributed by atoms with Crippen LogP contribution in [-0.2, 0) is 17.1 Å². The van der Waals surface area contributed by atoms with Gasteiger partial charge in [-0.15, -0.1) is 0 Å². The van der Waals surface area contributed by atoms with Gasteiger partial charge in [0.15, 0.2) is 0 Å². The first-order valence-corrected chi connectivity index (χ1v) is 8.92. The molecule has 2 aromatic rings. The summed E-state index contributed by atoms with van der Waals surface area (Å²) < 4.78 is 48.3. The Morgan fingerprint density at radius 2 is 2.21 bits per heavy atom. The summed E-state index contributed by atoms with van der Waals surface area (Å²) >= 11 is 0. The molecule has 0 aliphatic carbocycles. The summed E-state index contributed by atoms with van der Waals surface area (Å²) in [4.78, 5) is 3.89. The summed E-state index contributed by atoms with van der Waals surface area (Å²) in [5.74, 6) is 0.0542. The number of halogens is 1. The van der Waals surface area contributed by atoms with E-state index >= 15 is 0 Å². The fourth-order valence-corrected chi connectivity index (χ4v) is 4.47. The van der Waals surface area contributed by atoms with E-state index in [9.17, 15) is 12.8 Å². The molecule has 0 amide bonds. The van der Waals surface area contributed by atoms with Gasteiger partial charge in [0.25, 0.3) is 0 Å². The third kappa shape index (κ3) is 2.90. The monoisotopic (exact) mass is 354 g/mol. The largest absolute Gasteiger partial charge is 0.497 e. The number of nitrogens with zero attached hydrogens (tertiary/aromatic N) is 3. The first-order valence-electron chi connectivity index (χ1n) is 7.48. The molecule has 1 aromatic heterocycles. The van der Waals surface area contributed by atoms with E-state index in [1.165, 1.54) is 23.5 Å². The fraction of sp³-hybridized carbons (Fsp3) is 0.400. The quantitative estimate of drug-likeness (QED) is 0.883. The molecule has 0 radical (unpaired) electrons. The van der Waals surface area contributed by atoms with Gasteiger partial charge in [0.1, 0.15) is 22.3 Å². The average molecular weight is 354 g/mol. The summed E-state index contributed by atoms with van der Waals surface area (Å²) in [5, 5.41) is 3.16. The van der Waals surface area contributed by atoms with E-state index in [1.807, 2.05) is 0 Å². The third-order valence-electron chi connectivity index (χ3n) is 4.08. The van der Waals surface area contributed by atoms with Crippen LogP contribution in [0.3, 0.4) is 0 Å². The molecule has 1 aromatic carbocycles. The molecule has 3 rings (SSSR count). The first kappa shape index (κ1) is 16.9. The van der Waals surface area contributed by atoms with Crippen LogP contribution < -0.4 is 10.1 Å². The van der Waals surface area contributed by atoms with Gasteiger partial charge in [-0.2, -0.15) is 4.31 Å². The van der Waals surface area contributed by atoms with Crippen LogP contribution in [0, 0.1) is 5.82 Å². The van der Waals surface area contributed by atoms with Crippen molar-refractivity contribution in [1.29, 1.82) is 0 Å². The number of imidazole rings is 1. The predicted molar refractivity (Wildman–Crippen MR) is 85.7 cm³/mol. The molecule has 24 heavy (non-hydrogen) atoms. The SMILES string of the molecule is COc1ccc(S(=O)(=O)N2CCNCC2c2nccn2C)c(F)c1. The maximum atomic E-state index is 14.3. The lowest BCUT2D eigenvalue weighted by atomic mass is 10.2. The second-order valence-corrected chi connectivity index (χ2v) is 7.39. The van der Waals surface area contributed by atoms with Crippen molar-refractivity contribution in [1.82, 2.24) is 19.2 Å². The number of hydrogen-bond acceptors (Lipinski definition) is 5. The molecule has 0 bridgehead atoms. The summed E-state index contributed by atoms with van der Waals surface area (Å²) in [6, 6.07) is 3.25. The van der Waals surface area contributed by atoms with Crippen molar-refractivity contribution in [3.8, 4) is 5.75 Å². The lowest BCUT2D eigenvalue weighted by Crippen LogP contribution is -2.49. The number of aryl methyl sites for hydroxylation is 1. The molecule has 1 atom stereocenters. The zero-order valence-corrected chi connectivity index (χ0v) is 14.3. The number of piperazine rings is 1. The van der Waals surface area contributed by atoms with Gasteiger partial charge in [0.05, 0.1) is 13.2 Å². The van der Waals surface area contributed by atoms with Crippen molar-refractivity contribution < 1.29 is 17.5 Å². The van der Waals surface area contributed by atoms with Crippen LogP contribution in [0.4, 0.5) is 4.39 Å². The van der Waals surface area contributed by atoms with Gasteiger partial charge < -0.3 is 14.6 Å². The molecule has 1 fully saturated rings. The van der Waals surface area contributed by atoms with Crippen molar-refractivity contribution >= 4 is 10.0 Å². The van der Waals surface area contributed by atoms with Crippen molar-refractivity contribution in [3.63, 3.8) is 0 Å². The van der Waals surface area contributed by atoms with Gasteiger partial charge in [-0.1, -0.05) is 0 Å². The molecule has 1 N–H and O–H groups in total. The Labute approximate surface area is 140 Å². The number of aromatic nitrogens is 2. The summed E-state index contributed by atoms with van der Waals surface area (Å²) in [6.07, 6.45) is 3.37. The van der Waals surface area contributed by atoms with Crippen molar-refractivity contribution in [3.05, 3.63) is 42.2 Å². The van der Waals surface area contributed by atoms with E-state index in [1.54, 1.807) is 24.0 Å². The van der Waals surface area contributed by atoms with Gasteiger partial charge >= 0.3 is 0 Å². The van der Waals surface area contributed by atoms with E-state index in [-0.39, 0.29) is 17.2 Å². The zero-order chi connectivity index (χ0) is 17.3. The van der Waals surface area contributed by atoms with Crippen LogP contribution in [0.25, 0.3) is 0 Å². The number of nitrogens with one attached hydrogen (secondary N) is 1. The van der Waals surface area contributed by atoms with Gasteiger partial charge in [0, 0.05) is 45.1 Å². The van der Waals surface area contributed by atoms with Crippen LogP contribution in [0.2, 0.25) is 0 Å². The van der Waals surface area contributed by atoms with Crippen LogP contribution in [-0.4, -0.2) is 49.0 Å². The molecule has 1 aliphatic heterocycles.